The summed E-state index contributed by atoms with van der Waals surface area (Å²) in [6, 6.07) is 17.5. The minimum absolute atomic E-state index is 0.162. The lowest BCUT2D eigenvalue weighted by atomic mass is 10.1. The van der Waals surface area contributed by atoms with E-state index in [-0.39, 0.29) is 5.91 Å². The second-order valence-electron chi connectivity index (χ2n) is 5.87. The fraction of sp³-hybridized carbons (Fsp3) is 0.158. The van der Waals surface area contributed by atoms with Gasteiger partial charge in [0.15, 0.2) is 6.10 Å². The number of ether oxygens (including phenoxy) is 1. The van der Waals surface area contributed by atoms with E-state index < -0.39 is 6.10 Å². The molecule has 25 heavy (non-hydrogen) atoms. The zero-order valence-corrected chi connectivity index (χ0v) is 14.9. The van der Waals surface area contributed by atoms with E-state index in [0.717, 1.165) is 21.3 Å². The summed E-state index contributed by atoms with van der Waals surface area (Å²) in [5, 5.41) is 7.24. The van der Waals surface area contributed by atoms with E-state index >= 15 is 0 Å². The van der Waals surface area contributed by atoms with Crippen LogP contribution in [0.1, 0.15) is 11.1 Å². The third-order valence-electron chi connectivity index (χ3n) is 4.19. The van der Waals surface area contributed by atoms with Gasteiger partial charge >= 0.3 is 0 Å². The zero-order valence-electron chi connectivity index (χ0n) is 13.4. The lowest BCUT2D eigenvalue weighted by Gasteiger charge is -2.13. The smallest absolute Gasteiger partial charge is 0.266 e. The Kier molecular flexibility index (Phi) is 4.28. The molecule has 1 N–H and O–H groups in total. The van der Waals surface area contributed by atoms with Crippen molar-refractivity contribution in [1.29, 1.82) is 0 Å². The number of nitrogens with one attached hydrogen (secondary N) is 1. The predicted molar refractivity (Wildman–Crippen MR) is 98.7 cm³/mol. The number of carbonyl (C=O) groups is 1. The van der Waals surface area contributed by atoms with Crippen LogP contribution in [0.5, 0.6) is 5.75 Å². The van der Waals surface area contributed by atoms with Gasteiger partial charge in [-0.3, -0.25) is 4.79 Å². The van der Waals surface area contributed by atoms with Crippen molar-refractivity contribution in [2.24, 2.45) is 0 Å². The summed E-state index contributed by atoms with van der Waals surface area (Å²) in [5.74, 6) is 1.27. The summed E-state index contributed by atoms with van der Waals surface area (Å²) < 4.78 is 8.52. The van der Waals surface area contributed by atoms with Gasteiger partial charge in [-0.25, -0.2) is 4.68 Å². The minimum atomic E-state index is -0.510. The molecule has 0 radical (unpaired) electrons. The predicted octanol–water partition coefficient (Wildman–Crippen LogP) is 3.64. The maximum Gasteiger partial charge on any atom is 0.266 e. The summed E-state index contributed by atoms with van der Waals surface area (Å²) in [6.45, 7) is 0.565. The minimum Gasteiger partial charge on any atom is -0.480 e. The molecule has 0 saturated heterocycles. The molecule has 1 aromatic heterocycles. The van der Waals surface area contributed by atoms with Crippen molar-refractivity contribution >= 4 is 27.7 Å². The number of para-hydroxylation sites is 1. The second-order valence-corrected chi connectivity index (χ2v) is 6.73. The molecule has 126 valence electrons. The third kappa shape index (κ3) is 3.30. The number of aromatic nitrogens is 2. The number of carbonyl (C=O) groups excluding carboxylic acids is 1. The molecule has 3 aromatic rings. The number of nitrogens with zero attached hydrogens (tertiary/aromatic N) is 2. The molecule has 1 atom stereocenters. The first kappa shape index (κ1) is 15.9. The van der Waals surface area contributed by atoms with Crippen LogP contribution in [-0.2, 0) is 17.8 Å². The molecule has 0 aliphatic carbocycles. The Morgan fingerprint density at radius 2 is 2.00 bits per heavy atom. The molecule has 4 rings (SSSR count). The first-order valence-corrected chi connectivity index (χ1v) is 8.80. The third-order valence-corrected chi connectivity index (χ3v) is 4.96. The number of benzene rings is 2. The Bertz CT molecular complexity index is 897. The van der Waals surface area contributed by atoms with Gasteiger partial charge < -0.3 is 10.1 Å². The molecule has 0 bridgehead atoms. The SMILES string of the molecule is O=C(Nc1ccnn1Cc1ccccc1Br)[C@@H]1Cc2ccccc2O1. The molecule has 1 amide bonds. The van der Waals surface area contributed by atoms with Crippen LogP contribution in [0.3, 0.4) is 0 Å². The number of fused-ring (bicyclic) bond motifs is 1. The quantitative estimate of drug-likeness (QED) is 0.730. The van der Waals surface area contributed by atoms with Gasteiger partial charge in [0, 0.05) is 17.0 Å². The number of anilines is 1. The lowest BCUT2D eigenvalue weighted by molar-refractivity contribution is -0.122. The van der Waals surface area contributed by atoms with Crippen molar-refractivity contribution in [3.05, 3.63) is 76.4 Å². The van der Waals surface area contributed by atoms with Crippen molar-refractivity contribution in [2.45, 2.75) is 19.1 Å². The summed E-state index contributed by atoms with van der Waals surface area (Å²) in [4.78, 5) is 12.6. The molecular formula is C19H16BrN3O2. The normalized spacial score (nSPS) is 15.5. The van der Waals surface area contributed by atoms with Gasteiger partial charge in [0.2, 0.25) is 0 Å². The molecule has 5 nitrogen and oxygen atoms in total. The van der Waals surface area contributed by atoms with E-state index in [1.807, 2.05) is 48.5 Å². The average molecular weight is 398 g/mol. The van der Waals surface area contributed by atoms with Crippen LogP contribution in [0, 0.1) is 0 Å². The first-order valence-electron chi connectivity index (χ1n) is 8.01. The fourth-order valence-corrected chi connectivity index (χ4v) is 3.30. The standard InChI is InChI=1S/C19H16BrN3O2/c20-15-7-3-1-6-14(15)12-23-18(9-10-21-23)22-19(24)17-11-13-5-2-4-8-16(13)25-17/h1-10,17H,11-12H2,(H,22,24)/t17-/m0/s1. The number of hydrogen-bond donors (Lipinski definition) is 1. The van der Waals surface area contributed by atoms with Gasteiger partial charge in [0.25, 0.3) is 5.91 Å². The van der Waals surface area contributed by atoms with Gasteiger partial charge in [-0.1, -0.05) is 52.3 Å². The highest BCUT2D eigenvalue weighted by atomic mass is 79.9. The molecule has 0 fully saturated rings. The summed E-state index contributed by atoms with van der Waals surface area (Å²) in [6.07, 6.45) is 1.75. The van der Waals surface area contributed by atoms with Gasteiger partial charge in [0.05, 0.1) is 12.7 Å². The molecule has 6 heteroatoms. The number of rotatable bonds is 4. The number of amides is 1. The number of halogens is 1. The molecule has 0 spiro atoms. The Hall–Kier alpha value is -2.60. The van der Waals surface area contributed by atoms with Crippen LogP contribution in [0.2, 0.25) is 0 Å². The first-order chi connectivity index (χ1) is 12.2. The van der Waals surface area contributed by atoms with Gasteiger partial charge in [0.1, 0.15) is 11.6 Å². The molecule has 2 heterocycles. The topological polar surface area (TPSA) is 56.2 Å². The largest absolute Gasteiger partial charge is 0.480 e. The Balaban J connectivity index is 1.47. The average Bonchev–Trinajstić information content (AvgIpc) is 3.23. The van der Waals surface area contributed by atoms with E-state index in [9.17, 15) is 4.79 Å². The summed E-state index contributed by atoms with van der Waals surface area (Å²) in [7, 11) is 0. The Morgan fingerprint density at radius 1 is 1.20 bits per heavy atom. The van der Waals surface area contributed by atoms with Crippen LogP contribution in [-0.4, -0.2) is 21.8 Å². The van der Waals surface area contributed by atoms with Gasteiger partial charge in [-0.05, 0) is 23.3 Å². The zero-order chi connectivity index (χ0) is 17.2. The van der Waals surface area contributed by atoms with Crippen molar-refractivity contribution < 1.29 is 9.53 Å². The van der Waals surface area contributed by atoms with Crippen molar-refractivity contribution in [3.63, 3.8) is 0 Å². The highest BCUT2D eigenvalue weighted by Gasteiger charge is 2.29. The lowest BCUT2D eigenvalue weighted by Crippen LogP contribution is -2.32. The van der Waals surface area contributed by atoms with E-state index in [1.54, 1.807) is 16.9 Å². The van der Waals surface area contributed by atoms with Crippen LogP contribution >= 0.6 is 15.9 Å². The van der Waals surface area contributed by atoms with E-state index in [2.05, 4.69) is 26.3 Å². The highest BCUT2D eigenvalue weighted by Crippen LogP contribution is 2.28. The summed E-state index contributed by atoms with van der Waals surface area (Å²) >= 11 is 3.54. The van der Waals surface area contributed by atoms with Crippen molar-refractivity contribution in [3.8, 4) is 5.75 Å². The van der Waals surface area contributed by atoms with Crippen molar-refractivity contribution in [1.82, 2.24) is 9.78 Å². The maximum absolute atomic E-state index is 12.6. The van der Waals surface area contributed by atoms with Crippen LogP contribution < -0.4 is 10.1 Å². The maximum atomic E-state index is 12.6. The van der Waals surface area contributed by atoms with Crippen molar-refractivity contribution in [2.75, 3.05) is 5.32 Å². The van der Waals surface area contributed by atoms with E-state index in [0.29, 0.717) is 18.8 Å². The Morgan fingerprint density at radius 3 is 2.84 bits per heavy atom. The summed E-state index contributed by atoms with van der Waals surface area (Å²) in [5.41, 5.74) is 2.15. The fourth-order valence-electron chi connectivity index (χ4n) is 2.89. The molecular weight excluding hydrogens is 382 g/mol. The molecule has 1 aliphatic heterocycles. The van der Waals surface area contributed by atoms with E-state index in [1.165, 1.54) is 0 Å². The Labute approximate surface area is 153 Å². The van der Waals surface area contributed by atoms with Gasteiger partial charge in [-0.2, -0.15) is 5.10 Å². The van der Waals surface area contributed by atoms with Crippen LogP contribution in [0.15, 0.2) is 65.3 Å². The molecule has 1 aliphatic rings. The molecule has 0 saturated carbocycles. The van der Waals surface area contributed by atoms with E-state index in [4.69, 9.17) is 4.74 Å². The van der Waals surface area contributed by atoms with Crippen LogP contribution in [0.4, 0.5) is 5.82 Å². The monoisotopic (exact) mass is 397 g/mol. The number of hydrogen-bond acceptors (Lipinski definition) is 3. The molecule has 0 unspecified atom stereocenters. The van der Waals surface area contributed by atoms with Gasteiger partial charge in [-0.15, -0.1) is 0 Å². The second kappa shape index (κ2) is 6.72. The van der Waals surface area contributed by atoms with Crippen LogP contribution in [0.25, 0.3) is 0 Å². The highest BCUT2D eigenvalue weighted by molar-refractivity contribution is 9.10. The molecule has 2 aromatic carbocycles.